The zero-order valence-corrected chi connectivity index (χ0v) is 19.3. The molecule has 1 unspecified atom stereocenters. The number of alkyl halides is 1. The molecule has 2 aliphatic rings. The number of nitrogens with one attached hydrogen (secondary N) is 2. The molecule has 3 aromatic rings. The van der Waals surface area contributed by atoms with E-state index in [0.717, 1.165) is 47.2 Å². The zero-order chi connectivity index (χ0) is 23.4. The maximum absolute atomic E-state index is 13.0. The highest BCUT2D eigenvalue weighted by Crippen LogP contribution is 2.49. The van der Waals surface area contributed by atoms with Crippen molar-refractivity contribution in [2.24, 2.45) is 0 Å². The second kappa shape index (κ2) is 9.75. The van der Waals surface area contributed by atoms with Crippen molar-refractivity contribution in [3.63, 3.8) is 0 Å². The van der Waals surface area contributed by atoms with Crippen LogP contribution in [0.25, 0.3) is 10.9 Å². The molecule has 174 valence electrons. The SMILES string of the molecule is COc1ccc(C)c(C(=O)NC2(c3cc(OC)cc4ncccc34)CC2)c1.FC1CCNC1. The number of carbonyl (C=O) groups excluding carboxylic acids is 1. The molecule has 2 N–H and O–H groups in total. The number of methoxy groups -OCH3 is 2. The fraction of sp³-hybridized carbons (Fsp3) is 0.385. The number of fused-ring (bicyclic) bond motifs is 1. The minimum atomic E-state index is -0.565. The van der Waals surface area contributed by atoms with Gasteiger partial charge in [-0.2, -0.15) is 0 Å². The normalized spacial score (nSPS) is 18.2. The Balaban J connectivity index is 0.000000376. The first-order chi connectivity index (χ1) is 16.0. The van der Waals surface area contributed by atoms with E-state index in [1.165, 1.54) is 0 Å². The summed E-state index contributed by atoms with van der Waals surface area (Å²) in [5.41, 5.74) is 3.08. The zero-order valence-electron chi connectivity index (χ0n) is 19.3. The molecule has 5 rings (SSSR count). The van der Waals surface area contributed by atoms with Crippen LogP contribution in [-0.2, 0) is 5.54 Å². The number of ether oxygens (including phenoxy) is 2. The fourth-order valence-electron chi connectivity index (χ4n) is 4.13. The molecule has 0 radical (unpaired) electrons. The molecule has 2 aromatic carbocycles. The predicted octanol–water partition coefficient (Wildman–Crippen LogP) is 4.30. The lowest BCUT2D eigenvalue weighted by Gasteiger charge is -2.21. The van der Waals surface area contributed by atoms with E-state index in [4.69, 9.17) is 9.47 Å². The number of nitrogens with zero attached hydrogens (tertiary/aromatic N) is 1. The Morgan fingerprint density at radius 1 is 1.15 bits per heavy atom. The van der Waals surface area contributed by atoms with E-state index < -0.39 is 6.17 Å². The Morgan fingerprint density at radius 3 is 2.55 bits per heavy atom. The maximum atomic E-state index is 13.0. The summed E-state index contributed by atoms with van der Waals surface area (Å²) in [5.74, 6) is 1.32. The van der Waals surface area contributed by atoms with Crippen LogP contribution in [0.3, 0.4) is 0 Å². The van der Waals surface area contributed by atoms with Crippen molar-refractivity contribution < 1.29 is 18.7 Å². The van der Waals surface area contributed by atoms with E-state index in [9.17, 15) is 9.18 Å². The third-order valence-electron chi connectivity index (χ3n) is 6.24. The molecular weight excluding hydrogens is 421 g/mol. The van der Waals surface area contributed by atoms with E-state index in [-0.39, 0.29) is 11.4 Å². The molecule has 0 bridgehead atoms. The largest absolute Gasteiger partial charge is 0.497 e. The monoisotopic (exact) mass is 451 g/mol. The van der Waals surface area contributed by atoms with Crippen LogP contribution in [0.5, 0.6) is 11.5 Å². The lowest BCUT2D eigenvalue weighted by molar-refractivity contribution is 0.0930. The van der Waals surface area contributed by atoms with Gasteiger partial charge in [0.1, 0.15) is 17.7 Å². The van der Waals surface area contributed by atoms with Gasteiger partial charge in [0.25, 0.3) is 5.91 Å². The molecule has 2 fully saturated rings. The van der Waals surface area contributed by atoms with E-state index >= 15 is 0 Å². The summed E-state index contributed by atoms with van der Waals surface area (Å²) in [6, 6.07) is 13.4. The minimum Gasteiger partial charge on any atom is -0.497 e. The van der Waals surface area contributed by atoms with Gasteiger partial charge in [0.2, 0.25) is 0 Å². The molecule has 0 spiro atoms. The highest BCUT2D eigenvalue weighted by Gasteiger charge is 2.47. The van der Waals surface area contributed by atoms with Crippen molar-refractivity contribution in [3.8, 4) is 11.5 Å². The Kier molecular flexibility index (Phi) is 6.79. The van der Waals surface area contributed by atoms with Crippen LogP contribution in [-0.4, -0.2) is 44.4 Å². The summed E-state index contributed by atoms with van der Waals surface area (Å²) in [5, 5.41) is 7.19. The Bertz CT molecular complexity index is 1140. The summed E-state index contributed by atoms with van der Waals surface area (Å²) >= 11 is 0. The third-order valence-corrected chi connectivity index (χ3v) is 6.24. The molecule has 1 aliphatic carbocycles. The number of carbonyl (C=O) groups is 1. The average molecular weight is 452 g/mol. The van der Waals surface area contributed by atoms with Gasteiger partial charge in [-0.3, -0.25) is 9.78 Å². The number of rotatable bonds is 5. The second-order valence-electron chi connectivity index (χ2n) is 8.55. The Labute approximate surface area is 193 Å². The van der Waals surface area contributed by atoms with Gasteiger partial charge in [0.05, 0.1) is 25.3 Å². The van der Waals surface area contributed by atoms with Gasteiger partial charge in [-0.1, -0.05) is 12.1 Å². The molecule has 1 aliphatic heterocycles. The molecule has 1 amide bonds. The smallest absolute Gasteiger partial charge is 0.252 e. The average Bonchev–Trinajstić information content (AvgIpc) is 3.46. The van der Waals surface area contributed by atoms with E-state index in [0.29, 0.717) is 24.3 Å². The second-order valence-corrected chi connectivity index (χ2v) is 8.55. The Morgan fingerprint density at radius 2 is 1.94 bits per heavy atom. The third kappa shape index (κ3) is 5.09. The van der Waals surface area contributed by atoms with Crippen LogP contribution < -0.4 is 20.1 Å². The minimum absolute atomic E-state index is 0.0937. The van der Waals surface area contributed by atoms with Crippen molar-refractivity contribution in [1.29, 1.82) is 0 Å². The topological polar surface area (TPSA) is 72.5 Å². The number of benzene rings is 2. The van der Waals surface area contributed by atoms with E-state index in [1.54, 1.807) is 26.5 Å². The Hall–Kier alpha value is -3.19. The number of hydrogen-bond acceptors (Lipinski definition) is 5. The quantitative estimate of drug-likeness (QED) is 0.605. The van der Waals surface area contributed by atoms with Crippen LogP contribution in [0.1, 0.15) is 40.7 Å². The summed E-state index contributed by atoms with van der Waals surface area (Å²) in [6.07, 6.45) is 3.69. The van der Waals surface area contributed by atoms with Crippen molar-refractivity contribution >= 4 is 16.8 Å². The lowest BCUT2D eigenvalue weighted by atomic mass is 9.97. The van der Waals surface area contributed by atoms with Gasteiger partial charge >= 0.3 is 0 Å². The summed E-state index contributed by atoms with van der Waals surface area (Å²) in [7, 11) is 3.25. The van der Waals surface area contributed by atoms with Crippen LogP contribution in [0.2, 0.25) is 0 Å². The van der Waals surface area contributed by atoms with Gasteiger partial charge in [-0.05, 0) is 68.1 Å². The summed E-state index contributed by atoms with van der Waals surface area (Å²) < 4.78 is 22.6. The molecule has 1 atom stereocenters. The number of hydrogen-bond donors (Lipinski definition) is 2. The number of halogens is 1. The van der Waals surface area contributed by atoms with Crippen LogP contribution in [0.15, 0.2) is 48.7 Å². The maximum Gasteiger partial charge on any atom is 0.252 e. The molecule has 33 heavy (non-hydrogen) atoms. The van der Waals surface area contributed by atoms with Gasteiger partial charge in [-0.15, -0.1) is 0 Å². The van der Waals surface area contributed by atoms with Gasteiger partial charge in [0, 0.05) is 29.8 Å². The van der Waals surface area contributed by atoms with Crippen LogP contribution >= 0.6 is 0 Å². The van der Waals surface area contributed by atoms with E-state index in [2.05, 4.69) is 15.6 Å². The fourth-order valence-corrected chi connectivity index (χ4v) is 4.13. The standard InChI is InChI=1S/C22H22N2O3.C4H8FN/c1-14-6-7-15(26-2)11-18(14)21(25)24-22(8-9-22)19-12-16(27-3)13-20-17(19)5-4-10-23-20;5-4-1-2-6-3-4/h4-7,10-13H,8-9H2,1-3H3,(H,24,25);4,6H,1-3H2. The highest BCUT2D eigenvalue weighted by atomic mass is 19.1. The van der Waals surface area contributed by atoms with Gasteiger partial charge < -0.3 is 20.1 Å². The van der Waals surface area contributed by atoms with Crippen molar-refractivity contribution in [2.75, 3.05) is 27.3 Å². The van der Waals surface area contributed by atoms with E-state index in [1.807, 2.05) is 43.3 Å². The predicted molar refractivity (Wildman–Crippen MR) is 127 cm³/mol. The highest BCUT2D eigenvalue weighted by molar-refractivity contribution is 5.97. The molecule has 1 saturated carbocycles. The summed E-state index contributed by atoms with van der Waals surface area (Å²) in [6.45, 7) is 3.36. The molecule has 1 aromatic heterocycles. The number of pyridine rings is 1. The molecule has 2 heterocycles. The molecule has 6 nitrogen and oxygen atoms in total. The van der Waals surface area contributed by atoms with Crippen molar-refractivity contribution in [3.05, 3.63) is 65.4 Å². The number of amides is 1. The molecule has 7 heteroatoms. The van der Waals surface area contributed by atoms with Crippen molar-refractivity contribution in [1.82, 2.24) is 15.6 Å². The van der Waals surface area contributed by atoms with Crippen LogP contribution in [0.4, 0.5) is 4.39 Å². The number of aromatic nitrogens is 1. The van der Waals surface area contributed by atoms with Gasteiger partial charge in [0.15, 0.2) is 0 Å². The van der Waals surface area contributed by atoms with Crippen molar-refractivity contribution in [2.45, 2.75) is 37.9 Å². The first kappa shape index (κ1) is 23.0. The first-order valence-corrected chi connectivity index (χ1v) is 11.2. The molecular formula is C26H30FN3O3. The van der Waals surface area contributed by atoms with Crippen LogP contribution in [0, 0.1) is 6.92 Å². The summed E-state index contributed by atoms with van der Waals surface area (Å²) in [4.78, 5) is 17.5. The van der Waals surface area contributed by atoms with Gasteiger partial charge in [-0.25, -0.2) is 4.39 Å². The first-order valence-electron chi connectivity index (χ1n) is 11.2. The molecule has 1 saturated heterocycles. The number of aryl methyl sites for hydroxylation is 1. The lowest BCUT2D eigenvalue weighted by Crippen LogP contribution is -2.35.